The van der Waals surface area contributed by atoms with Gasteiger partial charge in [-0.15, -0.1) is 0 Å². The standard InChI is InChI=1S/C30H32ClF3N2O/c1-21(2)16-36(29(37)23-7-4-3-5-8-23)19-25-18-35(17-22-11-13-27(31)14-12-22)20-28(25)24-9-6-10-26(15-24)30(32,33)34/h3-15,21,25,28H,16-20H2,1-2H3. The molecule has 1 amide bonds. The molecule has 0 radical (unpaired) electrons. The van der Waals surface area contributed by atoms with Gasteiger partial charge in [0.1, 0.15) is 0 Å². The highest BCUT2D eigenvalue weighted by molar-refractivity contribution is 6.30. The molecule has 1 fully saturated rings. The van der Waals surface area contributed by atoms with Gasteiger partial charge in [0.2, 0.25) is 0 Å². The highest BCUT2D eigenvalue weighted by atomic mass is 35.5. The Kier molecular flexibility index (Phi) is 8.60. The highest BCUT2D eigenvalue weighted by Gasteiger charge is 2.38. The van der Waals surface area contributed by atoms with Gasteiger partial charge in [-0.05, 0) is 53.3 Å². The lowest BCUT2D eigenvalue weighted by Gasteiger charge is -2.30. The maximum absolute atomic E-state index is 13.5. The first-order valence-corrected chi connectivity index (χ1v) is 13.0. The van der Waals surface area contributed by atoms with Gasteiger partial charge >= 0.3 is 6.18 Å². The number of amides is 1. The molecule has 0 N–H and O–H groups in total. The average Bonchev–Trinajstić information content (AvgIpc) is 3.26. The molecule has 37 heavy (non-hydrogen) atoms. The van der Waals surface area contributed by atoms with E-state index in [2.05, 4.69) is 18.7 Å². The van der Waals surface area contributed by atoms with Crippen LogP contribution in [0.4, 0.5) is 13.2 Å². The number of rotatable bonds is 8. The van der Waals surface area contributed by atoms with Crippen molar-refractivity contribution in [3.63, 3.8) is 0 Å². The predicted octanol–water partition coefficient (Wildman–Crippen LogP) is 7.37. The topological polar surface area (TPSA) is 23.6 Å². The van der Waals surface area contributed by atoms with E-state index in [-0.39, 0.29) is 23.7 Å². The highest BCUT2D eigenvalue weighted by Crippen LogP contribution is 2.37. The van der Waals surface area contributed by atoms with Gasteiger partial charge < -0.3 is 4.90 Å². The van der Waals surface area contributed by atoms with Crippen LogP contribution in [0.25, 0.3) is 0 Å². The fourth-order valence-electron chi connectivity index (χ4n) is 5.17. The molecule has 0 aliphatic carbocycles. The van der Waals surface area contributed by atoms with Gasteiger partial charge in [0, 0.05) is 49.2 Å². The van der Waals surface area contributed by atoms with E-state index in [1.54, 1.807) is 18.2 Å². The first-order chi connectivity index (χ1) is 17.6. The van der Waals surface area contributed by atoms with Crippen molar-refractivity contribution < 1.29 is 18.0 Å². The van der Waals surface area contributed by atoms with E-state index >= 15 is 0 Å². The van der Waals surface area contributed by atoms with Crippen molar-refractivity contribution in [2.24, 2.45) is 11.8 Å². The molecule has 1 heterocycles. The Morgan fingerprint density at radius 2 is 1.70 bits per heavy atom. The SMILES string of the molecule is CC(C)CN(CC1CN(Cc2ccc(Cl)cc2)CC1c1cccc(C(F)(F)F)c1)C(=O)c1ccccc1. The summed E-state index contributed by atoms with van der Waals surface area (Å²) in [5.41, 5.74) is 1.73. The van der Waals surface area contributed by atoms with Crippen LogP contribution in [0.1, 0.15) is 46.8 Å². The van der Waals surface area contributed by atoms with Gasteiger partial charge in [-0.2, -0.15) is 13.2 Å². The third-order valence-electron chi connectivity index (χ3n) is 6.83. The largest absolute Gasteiger partial charge is 0.416 e. The Hall–Kier alpha value is -2.83. The fourth-order valence-corrected chi connectivity index (χ4v) is 5.30. The summed E-state index contributed by atoms with van der Waals surface area (Å²) < 4.78 is 40.6. The molecule has 196 valence electrons. The monoisotopic (exact) mass is 528 g/mol. The summed E-state index contributed by atoms with van der Waals surface area (Å²) in [4.78, 5) is 17.6. The lowest BCUT2D eigenvalue weighted by atomic mass is 9.87. The predicted molar refractivity (Wildman–Crippen MR) is 142 cm³/mol. The average molecular weight is 529 g/mol. The maximum Gasteiger partial charge on any atom is 0.416 e. The Bertz CT molecular complexity index is 1180. The number of hydrogen-bond donors (Lipinski definition) is 0. The second kappa shape index (κ2) is 11.7. The van der Waals surface area contributed by atoms with Crippen LogP contribution in [0, 0.1) is 11.8 Å². The number of carbonyl (C=O) groups is 1. The van der Waals surface area contributed by atoms with E-state index in [0.717, 1.165) is 11.6 Å². The van der Waals surface area contributed by atoms with Crippen LogP contribution in [0.5, 0.6) is 0 Å². The van der Waals surface area contributed by atoms with Gasteiger partial charge in [-0.25, -0.2) is 0 Å². The Morgan fingerprint density at radius 1 is 1.00 bits per heavy atom. The minimum absolute atomic E-state index is 0.0119. The molecule has 7 heteroatoms. The summed E-state index contributed by atoms with van der Waals surface area (Å²) in [5, 5.41) is 0.661. The molecular weight excluding hydrogens is 497 g/mol. The molecule has 1 aliphatic heterocycles. The normalized spacial score (nSPS) is 18.4. The number of hydrogen-bond acceptors (Lipinski definition) is 2. The molecule has 3 nitrogen and oxygen atoms in total. The summed E-state index contributed by atoms with van der Waals surface area (Å²) in [6.45, 7) is 7.15. The number of benzene rings is 3. The van der Waals surface area contributed by atoms with Crippen molar-refractivity contribution in [3.8, 4) is 0 Å². The molecule has 0 bridgehead atoms. The molecular formula is C30H32ClF3N2O. The molecule has 0 spiro atoms. The molecule has 4 rings (SSSR count). The van der Waals surface area contributed by atoms with E-state index < -0.39 is 11.7 Å². The van der Waals surface area contributed by atoms with Gasteiger partial charge in [0.15, 0.2) is 0 Å². The van der Waals surface area contributed by atoms with Gasteiger partial charge in [-0.1, -0.05) is 74.0 Å². The van der Waals surface area contributed by atoms with E-state index in [1.165, 1.54) is 12.1 Å². The third kappa shape index (κ3) is 7.14. The van der Waals surface area contributed by atoms with Crippen LogP contribution in [-0.2, 0) is 12.7 Å². The first kappa shape index (κ1) is 27.2. The third-order valence-corrected chi connectivity index (χ3v) is 7.08. The summed E-state index contributed by atoms with van der Waals surface area (Å²) >= 11 is 6.04. The van der Waals surface area contributed by atoms with Crippen LogP contribution in [0.2, 0.25) is 5.02 Å². The number of carbonyl (C=O) groups excluding carboxylic acids is 1. The second-order valence-electron chi connectivity index (χ2n) is 10.3. The molecule has 3 aromatic rings. The summed E-state index contributed by atoms with van der Waals surface area (Å²) in [5.74, 6) is 0.0644. The smallest absolute Gasteiger partial charge is 0.338 e. The van der Waals surface area contributed by atoms with Gasteiger partial charge in [0.05, 0.1) is 5.56 Å². The van der Waals surface area contributed by atoms with E-state index in [0.29, 0.717) is 48.9 Å². The van der Waals surface area contributed by atoms with Crippen molar-refractivity contribution in [2.45, 2.75) is 32.5 Å². The maximum atomic E-state index is 13.5. The minimum Gasteiger partial charge on any atom is -0.338 e. The number of likely N-dealkylation sites (tertiary alicyclic amines) is 1. The Labute approximate surface area is 221 Å². The number of nitrogens with zero attached hydrogens (tertiary/aromatic N) is 2. The van der Waals surface area contributed by atoms with E-state index in [9.17, 15) is 18.0 Å². The van der Waals surface area contributed by atoms with E-state index in [4.69, 9.17) is 11.6 Å². The van der Waals surface area contributed by atoms with Gasteiger partial charge in [-0.3, -0.25) is 9.69 Å². The zero-order chi connectivity index (χ0) is 26.6. The van der Waals surface area contributed by atoms with Gasteiger partial charge in [0.25, 0.3) is 5.91 Å². The molecule has 3 aromatic carbocycles. The Balaban J connectivity index is 1.62. The summed E-state index contributed by atoms with van der Waals surface area (Å²) in [6.07, 6.45) is -4.40. The second-order valence-corrected chi connectivity index (χ2v) is 10.7. The number of halogens is 4. The molecule has 2 unspecified atom stereocenters. The summed E-state index contributed by atoms with van der Waals surface area (Å²) in [7, 11) is 0. The minimum atomic E-state index is -4.40. The molecule has 2 atom stereocenters. The molecule has 1 aliphatic rings. The van der Waals surface area contributed by atoms with Crippen LogP contribution >= 0.6 is 11.6 Å². The molecule has 0 saturated carbocycles. The first-order valence-electron chi connectivity index (χ1n) is 12.6. The number of alkyl halides is 3. The van der Waals surface area contributed by atoms with Crippen molar-refractivity contribution in [1.29, 1.82) is 0 Å². The van der Waals surface area contributed by atoms with Crippen LogP contribution in [0.3, 0.4) is 0 Å². The van der Waals surface area contributed by atoms with E-state index in [1.807, 2.05) is 47.4 Å². The summed E-state index contributed by atoms with van der Waals surface area (Å²) in [6, 6.07) is 22.5. The quantitative estimate of drug-likeness (QED) is 0.305. The van der Waals surface area contributed by atoms with Crippen molar-refractivity contribution in [1.82, 2.24) is 9.80 Å². The van der Waals surface area contributed by atoms with Crippen LogP contribution in [0.15, 0.2) is 78.9 Å². The van der Waals surface area contributed by atoms with Crippen LogP contribution in [-0.4, -0.2) is 41.9 Å². The lowest BCUT2D eigenvalue weighted by Crippen LogP contribution is -2.39. The lowest BCUT2D eigenvalue weighted by molar-refractivity contribution is -0.137. The van der Waals surface area contributed by atoms with Crippen LogP contribution < -0.4 is 0 Å². The zero-order valence-electron chi connectivity index (χ0n) is 21.1. The molecule has 1 saturated heterocycles. The van der Waals surface area contributed by atoms with Crippen molar-refractivity contribution in [3.05, 3.63) is 106 Å². The Morgan fingerprint density at radius 3 is 2.35 bits per heavy atom. The van der Waals surface area contributed by atoms with Crippen molar-refractivity contribution >= 4 is 17.5 Å². The zero-order valence-corrected chi connectivity index (χ0v) is 21.8. The van der Waals surface area contributed by atoms with Crippen molar-refractivity contribution in [2.75, 3.05) is 26.2 Å². The molecule has 0 aromatic heterocycles. The fraction of sp³-hybridized carbons (Fsp3) is 0.367.